The third kappa shape index (κ3) is 1.66. The molecule has 1 atom stereocenters. The van der Waals surface area contributed by atoms with Crippen LogP contribution in [0.5, 0.6) is 0 Å². The van der Waals surface area contributed by atoms with Gasteiger partial charge < -0.3 is 10.5 Å². The number of hydrogen-bond acceptors (Lipinski definition) is 4. The molecule has 0 radical (unpaired) electrons. The summed E-state index contributed by atoms with van der Waals surface area (Å²) in [6.45, 7) is 7.56. The molecule has 0 fully saturated rings. The largest absolute Gasteiger partial charge is 0.373 e. The second-order valence-corrected chi connectivity index (χ2v) is 6.55. The average molecular weight is 317 g/mol. The van der Waals surface area contributed by atoms with Crippen LogP contribution in [-0.4, -0.2) is 43.2 Å². The fourth-order valence-corrected chi connectivity index (χ4v) is 2.35. The molecule has 0 saturated carbocycles. The zero-order valence-corrected chi connectivity index (χ0v) is 12.6. The molecule has 0 bridgehead atoms. The van der Waals surface area contributed by atoms with Gasteiger partial charge in [0.1, 0.15) is 0 Å². The van der Waals surface area contributed by atoms with Crippen molar-refractivity contribution < 1.29 is 15.2 Å². The Morgan fingerprint density at radius 2 is 2.00 bits per heavy atom. The summed E-state index contributed by atoms with van der Waals surface area (Å²) in [5, 5.41) is 24.9. The number of allylic oxidation sites excluding steroid dienone is 2. The molecule has 0 spiro atoms. The monoisotopic (exact) mass is 316 g/mol. The maximum Gasteiger partial charge on any atom is 0.343 e. The zero-order valence-electron chi connectivity index (χ0n) is 11.0. The van der Waals surface area contributed by atoms with Crippen molar-refractivity contribution in [2.24, 2.45) is 0 Å². The van der Waals surface area contributed by atoms with E-state index in [2.05, 4.69) is 21.2 Å². The lowest BCUT2D eigenvalue weighted by molar-refractivity contribution is -0.821. The predicted octanol–water partition coefficient (Wildman–Crippen LogP) is 1.81. The fourth-order valence-electron chi connectivity index (χ4n) is 2.07. The van der Waals surface area contributed by atoms with Crippen LogP contribution in [0.1, 0.15) is 27.7 Å². The van der Waals surface area contributed by atoms with E-state index >= 15 is 0 Å². The van der Waals surface area contributed by atoms with Crippen molar-refractivity contribution in [3.05, 3.63) is 22.8 Å². The minimum Gasteiger partial charge on any atom is -0.373 e. The summed E-state index contributed by atoms with van der Waals surface area (Å²) in [5.74, 6) is 0.428. The first-order valence-corrected chi connectivity index (χ1v) is 6.64. The van der Waals surface area contributed by atoms with E-state index in [-0.39, 0.29) is 6.04 Å². The molecule has 2 rings (SSSR count). The highest BCUT2D eigenvalue weighted by molar-refractivity contribution is 9.11. The lowest BCUT2D eigenvalue weighted by atomic mass is 9.84. The summed E-state index contributed by atoms with van der Waals surface area (Å²) in [5.41, 5.74) is -1.18. The molecule has 2 aliphatic rings. The van der Waals surface area contributed by atoms with Gasteiger partial charge in [-0.1, -0.05) is 4.74 Å². The number of hydroxylamine groups is 3. The molecule has 0 aromatic carbocycles. The molecule has 0 amide bonds. The predicted molar refractivity (Wildman–Crippen MR) is 71.9 cm³/mol. The summed E-state index contributed by atoms with van der Waals surface area (Å²) in [6, 6.07) is -0.262. The third-order valence-corrected chi connectivity index (χ3v) is 4.61. The Bertz CT molecular complexity index is 466. The van der Waals surface area contributed by atoms with Crippen molar-refractivity contribution in [2.75, 3.05) is 0 Å². The Balaban J connectivity index is 2.40. The summed E-state index contributed by atoms with van der Waals surface area (Å²) in [4.78, 5) is 0. The Labute approximate surface area is 115 Å². The number of amidine groups is 1. The summed E-state index contributed by atoms with van der Waals surface area (Å²) >= 11 is 3.35. The van der Waals surface area contributed by atoms with Gasteiger partial charge in [-0.25, -0.2) is 5.21 Å². The van der Waals surface area contributed by atoms with Gasteiger partial charge in [-0.15, -0.1) is 5.06 Å². The number of halogens is 1. The Hall–Kier alpha value is -1.01. The first kappa shape index (κ1) is 13.4. The Morgan fingerprint density at radius 1 is 1.39 bits per heavy atom. The Kier molecular flexibility index (Phi) is 2.98. The maximum atomic E-state index is 10.3. The molecule has 2 aliphatic heterocycles. The Morgan fingerprint density at radius 3 is 2.39 bits per heavy atom. The van der Waals surface area contributed by atoms with Crippen molar-refractivity contribution in [2.45, 2.75) is 44.8 Å². The van der Waals surface area contributed by atoms with Crippen LogP contribution in [-0.2, 0) is 0 Å². The lowest BCUT2D eigenvalue weighted by Crippen LogP contribution is -2.54. The minimum atomic E-state index is -0.592. The minimum absolute atomic E-state index is 0.262. The van der Waals surface area contributed by atoms with Crippen molar-refractivity contribution in [3.63, 3.8) is 0 Å². The van der Waals surface area contributed by atoms with Crippen LogP contribution >= 0.6 is 15.9 Å². The average Bonchev–Trinajstić information content (AvgIpc) is 2.41. The lowest BCUT2D eigenvalue weighted by Gasteiger charge is -2.30. The van der Waals surface area contributed by atoms with Crippen molar-refractivity contribution in [1.29, 1.82) is 0 Å². The van der Waals surface area contributed by atoms with Crippen LogP contribution in [0.15, 0.2) is 22.8 Å². The van der Waals surface area contributed by atoms with Crippen molar-refractivity contribution in [3.8, 4) is 0 Å². The molecule has 100 valence electrons. The first-order valence-electron chi connectivity index (χ1n) is 5.84. The second-order valence-electron chi connectivity index (χ2n) is 5.63. The van der Waals surface area contributed by atoms with Crippen LogP contribution in [0.25, 0.3) is 0 Å². The van der Waals surface area contributed by atoms with Crippen LogP contribution in [0.4, 0.5) is 0 Å². The van der Waals surface area contributed by atoms with E-state index in [1.54, 1.807) is 6.20 Å². The molecule has 0 aliphatic carbocycles. The highest BCUT2D eigenvalue weighted by atomic mass is 79.9. The van der Waals surface area contributed by atoms with Gasteiger partial charge in [-0.3, -0.25) is 0 Å². The summed E-state index contributed by atoms with van der Waals surface area (Å²) < 4.78 is 2.06. The van der Waals surface area contributed by atoms with E-state index in [0.29, 0.717) is 5.84 Å². The zero-order chi connectivity index (χ0) is 13.7. The van der Waals surface area contributed by atoms with Gasteiger partial charge >= 0.3 is 5.84 Å². The number of hydrogen-bond donors (Lipinski definition) is 3. The number of nitrogens with zero attached hydrogens (tertiary/aromatic N) is 2. The molecule has 3 N–H and O–H groups in total. The molecule has 6 heteroatoms. The molecule has 1 unspecified atom stereocenters. The molecule has 5 nitrogen and oxygen atoms in total. The van der Waals surface area contributed by atoms with Gasteiger partial charge in [0.25, 0.3) is 0 Å². The molecule has 0 saturated heterocycles. The number of dihydropyridines is 1. The molecule has 18 heavy (non-hydrogen) atoms. The molecule has 2 heterocycles. The highest BCUT2D eigenvalue weighted by Crippen LogP contribution is 2.36. The first-order chi connectivity index (χ1) is 8.19. The summed E-state index contributed by atoms with van der Waals surface area (Å²) in [6.07, 6.45) is 5.55. The topological polar surface area (TPSA) is 58.7 Å². The second kappa shape index (κ2) is 3.99. The highest BCUT2D eigenvalue weighted by Gasteiger charge is 2.63. The van der Waals surface area contributed by atoms with E-state index in [1.807, 2.05) is 39.8 Å². The van der Waals surface area contributed by atoms with Gasteiger partial charge in [0.05, 0.1) is 0 Å². The van der Waals surface area contributed by atoms with Crippen LogP contribution in [0.3, 0.4) is 0 Å². The smallest absolute Gasteiger partial charge is 0.343 e. The molecular weight excluding hydrogens is 298 g/mol. The van der Waals surface area contributed by atoms with E-state index in [0.717, 1.165) is 14.3 Å². The quantitative estimate of drug-likeness (QED) is 0.510. The summed E-state index contributed by atoms with van der Waals surface area (Å²) in [7, 11) is 0. The van der Waals surface area contributed by atoms with Gasteiger partial charge in [0.15, 0.2) is 17.1 Å². The van der Waals surface area contributed by atoms with Crippen LogP contribution in [0.2, 0.25) is 0 Å². The fraction of sp³-hybridized carbons (Fsp3) is 0.583. The number of rotatable bonds is 1. The number of nitrogens with one attached hydrogen (secondary N) is 1. The van der Waals surface area contributed by atoms with Gasteiger partial charge in [-0.2, -0.15) is 0 Å². The van der Waals surface area contributed by atoms with Crippen molar-refractivity contribution >= 4 is 21.8 Å². The molecule has 0 aromatic heterocycles. The third-order valence-electron chi connectivity index (χ3n) is 4.12. The molecule has 0 aromatic rings. The standard InChI is InChI=1S/C12H19BrN3O2/c1-11(2)12(3,4)16(18)10(15(11)17)9-6-5-8(13)7-14-9/h5-7,9,14,17-18H,1-4H3/q+1. The molecular formula is C12H19BrN3O2+. The van der Waals surface area contributed by atoms with Gasteiger partial charge in [0, 0.05) is 10.7 Å². The van der Waals surface area contributed by atoms with Gasteiger partial charge in [0.2, 0.25) is 0 Å². The van der Waals surface area contributed by atoms with E-state index < -0.39 is 11.1 Å². The normalized spacial score (nSPS) is 29.3. The van der Waals surface area contributed by atoms with Crippen molar-refractivity contribution in [1.82, 2.24) is 10.4 Å². The SMILES string of the molecule is CC1(C)N(O)C(C2C=CC(Br)=CN2)=[N+](O)C1(C)C. The maximum absolute atomic E-state index is 10.3. The van der Waals surface area contributed by atoms with Crippen LogP contribution in [0, 0.1) is 0 Å². The van der Waals surface area contributed by atoms with E-state index in [9.17, 15) is 10.4 Å². The van der Waals surface area contributed by atoms with E-state index in [4.69, 9.17) is 0 Å². The van der Waals surface area contributed by atoms with E-state index in [1.165, 1.54) is 0 Å². The van der Waals surface area contributed by atoms with Crippen LogP contribution < -0.4 is 5.32 Å². The van der Waals surface area contributed by atoms with Gasteiger partial charge in [-0.05, 0) is 55.8 Å².